The number of ether oxygens (including phenoxy) is 1. The van der Waals surface area contributed by atoms with Crippen molar-refractivity contribution in [1.82, 2.24) is 14.5 Å². The fourth-order valence-electron chi connectivity index (χ4n) is 3.61. The lowest BCUT2D eigenvalue weighted by molar-refractivity contribution is -0.135. The Balaban J connectivity index is 1.70. The van der Waals surface area contributed by atoms with Crippen LogP contribution < -0.4 is 0 Å². The molecule has 27 heavy (non-hydrogen) atoms. The van der Waals surface area contributed by atoms with Crippen LogP contribution in [0.25, 0.3) is 11.0 Å². The first-order valence-electron chi connectivity index (χ1n) is 8.59. The Bertz CT molecular complexity index is 973. The van der Waals surface area contributed by atoms with Gasteiger partial charge in [-0.05, 0) is 37.6 Å². The van der Waals surface area contributed by atoms with E-state index in [0.717, 1.165) is 11.1 Å². The van der Waals surface area contributed by atoms with Gasteiger partial charge in [0.25, 0.3) is 0 Å². The molecule has 7 nitrogen and oxygen atoms in total. The van der Waals surface area contributed by atoms with E-state index in [1.165, 1.54) is 6.33 Å². The molecule has 0 unspecified atom stereocenters. The van der Waals surface area contributed by atoms with Gasteiger partial charge in [-0.25, -0.2) is 9.97 Å². The summed E-state index contributed by atoms with van der Waals surface area (Å²) in [4.78, 5) is 8.42. The monoisotopic (exact) mass is 389 g/mol. The molecule has 1 aliphatic rings. The topological polar surface area (TPSA) is 101 Å². The van der Waals surface area contributed by atoms with E-state index in [9.17, 15) is 15.3 Å². The molecule has 142 valence electrons. The highest BCUT2D eigenvalue weighted by Crippen LogP contribution is 2.40. The Hall–Kier alpha value is -2.03. The van der Waals surface area contributed by atoms with Gasteiger partial charge in [-0.2, -0.15) is 0 Å². The number of nitrogens with zero attached hydrogens (tertiary/aromatic N) is 3. The number of hydrogen-bond acceptors (Lipinski definition) is 6. The smallest absolute Gasteiger partial charge is 0.164 e. The van der Waals surface area contributed by atoms with Crippen LogP contribution in [0, 0.1) is 6.92 Å². The van der Waals surface area contributed by atoms with Gasteiger partial charge in [0.15, 0.2) is 6.23 Å². The molecule has 3 heterocycles. The molecule has 1 aliphatic heterocycles. The van der Waals surface area contributed by atoms with Gasteiger partial charge in [-0.15, -0.1) is 0 Å². The van der Waals surface area contributed by atoms with E-state index in [-0.39, 0.29) is 0 Å². The highest BCUT2D eigenvalue weighted by atomic mass is 35.5. The molecule has 0 radical (unpaired) electrons. The molecule has 1 fully saturated rings. The minimum atomic E-state index is -1.53. The molecule has 1 saturated heterocycles. The number of rotatable bonds is 3. The van der Waals surface area contributed by atoms with E-state index in [1.807, 2.05) is 13.0 Å². The van der Waals surface area contributed by atoms with E-state index < -0.39 is 30.1 Å². The first kappa shape index (κ1) is 18.3. The molecule has 3 N–H and O–H groups in total. The highest BCUT2D eigenvalue weighted by Gasteiger charge is 2.52. The lowest BCUT2D eigenvalue weighted by Crippen LogP contribution is -2.45. The summed E-state index contributed by atoms with van der Waals surface area (Å²) in [5, 5.41) is 33.6. The summed E-state index contributed by atoms with van der Waals surface area (Å²) >= 11 is 5.91. The number of fused-ring (bicyclic) bond motifs is 1. The first-order chi connectivity index (χ1) is 12.8. The van der Waals surface area contributed by atoms with Crippen LogP contribution >= 0.6 is 11.6 Å². The molecule has 0 aliphatic carbocycles. The zero-order chi connectivity index (χ0) is 19.3. The van der Waals surface area contributed by atoms with Crippen molar-refractivity contribution >= 4 is 22.6 Å². The quantitative estimate of drug-likeness (QED) is 0.632. The van der Waals surface area contributed by atoms with E-state index in [4.69, 9.17) is 16.3 Å². The maximum atomic E-state index is 11.1. The Labute approximate surface area is 160 Å². The van der Waals surface area contributed by atoms with Gasteiger partial charge in [0.05, 0.1) is 5.69 Å². The van der Waals surface area contributed by atoms with E-state index in [1.54, 1.807) is 42.0 Å². The second-order valence-corrected chi connectivity index (χ2v) is 7.44. The van der Waals surface area contributed by atoms with Crippen molar-refractivity contribution in [3.63, 3.8) is 0 Å². The molecule has 0 amide bonds. The van der Waals surface area contributed by atoms with Gasteiger partial charge in [-0.1, -0.05) is 23.7 Å². The molecule has 1 aromatic carbocycles. The number of hydrogen-bond donors (Lipinski definition) is 3. The average molecular weight is 390 g/mol. The van der Waals surface area contributed by atoms with Crippen LogP contribution in [0.4, 0.5) is 0 Å². The van der Waals surface area contributed by atoms with Gasteiger partial charge >= 0.3 is 0 Å². The average Bonchev–Trinajstić information content (AvgIpc) is 3.19. The molecule has 0 spiro atoms. The molecule has 5 atom stereocenters. The number of aliphatic hydroxyl groups is 3. The van der Waals surface area contributed by atoms with Gasteiger partial charge < -0.3 is 24.6 Å². The summed E-state index contributed by atoms with van der Waals surface area (Å²) < 4.78 is 7.60. The normalized spacial score (nSPS) is 27.8. The zero-order valence-electron chi connectivity index (χ0n) is 14.8. The SMILES string of the molecule is Cc1ncnc2c1ccn2[C@@H]1O[C@H]([C@](C)(O)c2ccc(Cl)cc2)[C@@H](O)[C@H]1O. The molecule has 3 aromatic rings. The van der Waals surface area contributed by atoms with Crippen molar-refractivity contribution in [3.05, 3.63) is 59.1 Å². The van der Waals surface area contributed by atoms with E-state index in [0.29, 0.717) is 16.2 Å². The van der Waals surface area contributed by atoms with E-state index >= 15 is 0 Å². The van der Waals surface area contributed by atoms with Crippen LogP contribution in [-0.4, -0.2) is 48.2 Å². The van der Waals surface area contributed by atoms with Gasteiger partial charge in [0.2, 0.25) is 0 Å². The third-order valence-electron chi connectivity index (χ3n) is 5.20. The molecule has 2 aromatic heterocycles. The summed E-state index contributed by atoms with van der Waals surface area (Å²) in [7, 11) is 0. The van der Waals surface area contributed by atoms with Gasteiger partial charge in [0.1, 0.15) is 35.9 Å². The third-order valence-corrected chi connectivity index (χ3v) is 5.46. The minimum absolute atomic E-state index is 0.527. The predicted octanol–water partition coefficient (Wildman–Crippen LogP) is 1.92. The summed E-state index contributed by atoms with van der Waals surface area (Å²) in [5.74, 6) is 0. The fourth-order valence-corrected chi connectivity index (χ4v) is 3.73. The summed E-state index contributed by atoms with van der Waals surface area (Å²) in [6, 6.07) is 8.47. The summed E-state index contributed by atoms with van der Waals surface area (Å²) in [6.45, 7) is 3.41. The Morgan fingerprint density at radius 3 is 2.52 bits per heavy atom. The molecule has 8 heteroatoms. The number of aliphatic hydroxyl groups excluding tert-OH is 2. The fraction of sp³-hybridized carbons (Fsp3) is 0.368. The van der Waals surface area contributed by atoms with Crippen LogP contribution in [-0.2, 0) is 10.3 Å². The lowest BCUT2D eigenvalue weighted by atomic mass is 9.87. The maximum Gasteiger partial charge on any atom is 0.164 e. The molecule has 0 bridgehead atoms. The molecule has 4 rings (SSSR count). The second-order valence-electron chi connectivity index (χ2n) is 7.00. The molecule has 0 saturated carbocycles. The molecular formula is C19H20ClN3O4. The van der Waals surface area contributed by atoms with Crippen LogP contribution in [0.3, 0.4) is 0 Å². The third kappa shape index (κ3) is 2.92. The van der Waals surface area contributed by atoms with Crippen molar-refractivity contribution in [2.45, 2.75) is 44.0 Å². The van der Waals surface area contributed by atoms with Crippen molar-refractivity contribution in [2.75, 3.05) is 0 Å². The van der Waals surface area contributed by atoms with Crippen LogP contribution in [0.15, 0.2) is 42.9 Å². The largest absolute Gasteiger partial charge is 0.387 e. The van der Waals surface area contributed by atoms with Crippen LogP contribution in [0.2, 0.25) is 5.02 Å². The number of halogens is 1. The maximum absolute atomic E-state index is 11.1. The minimum Gasteiger partial charge on any atom is -0.387 e. The van der Waals surface area contributed by atoms with Crippen LogP contribution in [0.5, 0.6) is 0 Å². The first-order valence-corrected chi connectivity index (χ1v) is 8.96. The molecular weight excluding hydrogens is 370 g/mol. The van der Waals surface area contributed by atoms with Crippen molar-refractivity contribution in [1.29, 1.82) is 0 Å². The van der Waals surface area contributed by atoms with Crippen molar-refractivity contribution in [2.24, 2.45) is 0 Å². The Kier molecular flexibility index (Phi) is 4.44. The predicted molar refractivity (Wildman–Crippen MR) is 99.2 cm³/mol. The van der Waals surface area contributed by atoms with Gasteiger partial charge in [-0.3, -0.25) is 0 Å². The number of aryl methyl sites for hydroxylation is 1. The lowest BCUT2D eigenvalue weighted by Gasteiger charge is -2.32. The number of aromatic nitrogens is 3. The Morgan fingerprint density at radius 2 is 1.81 bits per heavy atom. The van der Waals surface area contributed by atoms with Crippen molar-refractivity contribution < 1.29 is 20.1 Å². The zero-order valence-corrected chi connectivity index (χ0v) is 15.6. The highest BCUT2D eigenvalue weighted by molar-refractivity contribution is 6.30. The summed E-state index contributed by atoms with van der Waals surface area (Å²) in [6.07, 6.45) is -1.30. The summed E-state index contributed by atoms with van der Waals surface area (Å²) in [5.41, 5.74) is 0.384. The van der Waals surface area contributed by atoms with Gasteiger partial charge in [0, 0.05) is 16.6 Å². The van der Waals surface area contributed by atoms with Crippen molar-refractivity contribution in [3.8, 4) is 0 Å². The Morgan fingerprint density at radius 1 is 1.11 bits per heavy atom. The van der Waals surface area contributed by atoms with Crippen LogP contribution in [0.1, 0.15) is 24.4 Å². The number of benzene rings is 1. The standard InChI is InChI=1S/C19H20ClN3O4/c1-10-13-7-8-23(17(13)22-9-21-10)18-15(25)14(24)16(27-18)19(2,26)11-3-5-12(20)6-4-11/h3-9,14-16,18,24-26H,1-2H3/t14-,15+,16-,18+,19+/m0/s1. The second kappa shape index (κ2) is 6.54. The van der Waals surface area contributed by atoms with E-state index in [2.05, 4.69) is 9.97 Å².